The summed E-state index contributed by atoms with van der Waals surface area (Å²) in [4.78, 5) is 27.7. The Morgan fingerprint density at radius 3 is 2.09 bits per heavy atom. The standard InChI is InChI=1S/C25H22N4O4/c1-16-3-5-18(6-4-16)24-28-25(33-29-24)19-7-13-22(14-8-19)32-15-23(31)27-21-11-9-20(10-12-21)26-17(2)30/h3-14H,15H2,1-2H3,(H,26,30)(H,27,31). The number of rotatable bonds is 7. The first-order valence-corrected chi connectivity index (χ1v) is 10.3. The summed E-state index contributed by atoms with van der Waals surface area (Å²) >= 11 is 0. The van der Waals surface area contributed by atoms with Crippen molar-refractivity contribution in [1.29, 1.82) is 0 Å². The molecule has 0 fully saturated rings. The summed E-state index contributed by atoms with van der Waals surface area (Å²) < 4.78 is 10.9. The van der Waals surface area contributed by atoms with Gasteiger partial charge in [-0.3, -0.25) is 9.59 Å². The molecule has 4 aromatic rings. The molecule has 0 saturated carbocycles. The molecule has 4 rings (SSSR count). The maximum atomic E-state index is 12.2. The maximum Gasteiger partial charge on any atom is 0.262 e. The van der Waals surface area contributed by atoms with Crippen LogP contribution in [0.15, 0.2) is 77.3 Å². The molecule has 0 aliphatic carbocycles. The number of hydrogen-bond donors (Lipinski definition) is 2. The number of carbonyl (C=O) groups excluding carboxylic acids is 2. The van der Waals surface area contributed by atoms with Crippen LogP contribution < -0.4 is 15.4 Å². The largest absolute Gasteiger partial charge is 0.484 e. The summed E-state index contributed by atoms with van der Waals surface area (Å²) in [6.45, 7) is 3.31. The number of carbonyl (C=O) groups is 2. The van der Waals surface area contributed by atoms with Crippen LogP contribution in [-0.2, 0) is 9.59 Å². The molecule has 0 radical (unpaired) electrons. The lowest BCUT2D eigenvalue weighted by Crippen LogP contribution is -2.20. The van der Waals surface area contributed by atoms with Crippen LogP contribution >= 0.6 is 0 Å². The molecule has 0 bridgehead atoms. The molecule has 3 aromatic carbocycles. The molecular weight excluding hydrogens is 420 g/mol. The zero-order valence-electron chi connectivity index (χ0n) is 18.2. The molecule has 0 aliphatic rings. The highest BCUT2D eigenvalue weighted by Gasteiger charge is 2.11. The van der Waals surface area contributed by atoms with E-state index in [9.17, 15) is 9.59 Å². The van der Waals surface area contributed by atoms with Crippen molar-refractivity contribution in [2.75, 3.05) is 17.2 Å². The summed E-state index contributed by atoms with van der Waals surface area (Å²) in [7, 11) is 0. The van der Waals surface area contributed by atoms with Crippen molar-refractivity contribution in [3.63, 3.8) is 0 Å². The van der Waals surface area contributed by atoms with Crippen LogP contribution in [0.5, 0.6) is 5.75 Å². The fourth-order valence-electron chi connectivity index (χ4n) is 3.04. The quantitative estimate of drug-likeness (QED) is 0.430. The van der Waals surface area contributed by atoms with Crippen LogP contribution in [0.3, 0.4) is 0 Å². The number of amides is 2. The molecule has 33 heavy (non-hydrogen) atoms. The Bertz CT molecular complexity index is 1250. The van der Waals surface area contributed by atoms with Gasteiger partial charge < -0.3 is 19.9 Å². The van der Waals surface area contributed by atoms with E-state index in [4.69, 9.17) is 9.26 Å². The van der Waals surface area contributed by atoms with Crippen molar-refractivity contribution in [2.24, 2.45) is 0 Å². The van der Waals surface area contributed by atoms with Crippen LogP contribution in [0, 0.1) is 6.92 Å². The molecule has 1 heterocycles. The van der Waals surface area contributed by atoms with Gasteiger partial charge in [0.05, 0.1) is 0 Å². The molecule has 2 N–H and O–H groups in total. The second-order valence-electron chi connectivity index (χ2n) is 7.41. The summed E-state index contributed by atoms with van der Waals surface area (Å²) in [5, 5.41) is 9.45. The normalized spacial score (nSPS) is 10.5. The van der Waals surface area contributed by atoms with Gasteiger partial charge in [0.25, 0.3) is 11.8 Å². The van der Waals surface area contributed by atoms with Crippen molar-refractivity contribution in [1.82, 2.24) is 10.1 Å². The molecule has 8 heteroatoms. The predicted octanol–water partition coefficient (Wildman–Crippen LogP) is 4.69. The average Bonchev–Trinajstić information content (AvgIpc) is 3.30. The zero-order valence-corrected chi connectivity index (χ0v) is 18.2. The monoisotopic (exact) mass is 442 g/mol. The van der Waals surface area contributed by atoms with Crippen molar-refractivity contribution >= 4 is 23.2 Å². The highest BCUT2D eigenvalue weighted by atomic mass is 16.5. The van der Waals surface area contributed by atoms with E-state index in [-0.39, 0.29) is 18.4 Å². The fraction of sp³-hybridized carbons (Fsp3) is 0.120. The Morgan fingerprint density at radius 2 is 1.45 bits per heavy atom. The lowest BCUT2D eigenvalue weighted by atomic mass is 10.1. The van der Waals surface area contributed by atoms with Gasteiger partial charge in [-0.1, -0.05) is 35.0 Å². The van der Waals surface area contributed by atoms with Gasteiger partial charge in [-0.15, -0.1) is 0 Å². The summed E-state index contributed by atoms with van der Waals surface area (Å²) in [6.07, 6.45) is 0. The number of ether oxygens (including phenoxy) is 1. The Balaban J connectivity index is 1.31. The number of benzene rings is 3. The van der Waals surface area contributed by atoms with Gasteiger partial charge in [0, 0.05) is 29.4 Å². The van der Waals surface area contributed by atoms with Gasteiger partial charge in [0.1, 0.15) is 5.75 Å². The number of nitrogens with zero attached hydrogens (tertiary/aromatic N) is 2. The number of aryl methyl sites for hydroxylation is 1. The molecule has 166 valence electrons. The third-order valence-corrected chi connectivity index (χ3v) is 4.70. The van der Waals surface area contributed by atoms with Crippen LogP contribution in [0.4, 0.5) is 11.4 Å². The molecule has 8 nitrogen and oxygen atoms in total. The molecule has 0 aliphatic heterocycles. The SMILES string of the molecule is CC(=O)Nc1ccc(NC(=O)COc2ccc(-c3nc(-c4ccc(C)cc4)no3)cc2)cc1. The van der Waals surface area contributed by atoms with Crippen LogP contribution in [-0.4, -0.2) is 28.6 Å². The lowest BCUT2D eigenvalue weighted by Gasteiger charge is -2.08. The molecule has 0 atom stereocenters. The summed E-state index contributed by atoms with van der Waals surface area (Å²) in [5.41, 5.74) is 4.05. The maximum absolute atomic E-state index is 12.2. The zero-order chi connectivity index (χ0) is 23.2. The Morgan fingerprint density at radius 1 is 0.848 bits per heavy atom. The average molecular weight is 442 g/mol. The Kier molecular flexibility index (Phi) is 6.45. The van der Waals surface area contributed by atoms with Gasteiger partial charge in [0.2, 0.25) is 11.7 Å². The Labute approximate surface area is 190 Å². The number of nitrogens with one attached hydrogen (secondary N) is 2. The van der Waals surface area contributed by atoms with Gasteiger partial charge in [-0.2, -0.15) is 4.98 Å². The van der Waals surface area contributed by atoms with Crippen molar-refractivity contribution in [3.8, 4) is 28.6 Å². The minimum atomic E-state index is -0.300. The van der Waals surface area contributed by atoms with E-state index >= 15 is 0 Å². The minimum Gasteiger partial charge on any atom is -0.484 e. The van der Waals surface area contributed by atoms with E-state index in [1.54, 1.807) is 48.5 Å². The van der Waals surface area contributed by atoms with Crippen LogP contribution in [0.2, 0.25) is 0 Å². The van der Waals surface area contributed by atoms with E-state index in [1.807, 2.05) is 31.2 Å². The van der Waals surface area contributed by atoms with E-state index in [1.165, 1.54) is 6.92 Å². The topological polar surface area (TPSA) is 106 Å². The van der Waals surface area contributed by atoms with Crippen LogP contribution in [0.1, 0.15) is 12.5 Å². The molecule has 1 aromatic heterocycles. The second-order valence-corrected chi connectivity index (χ2v) is 7.41. The third kappa shape index (κ3) is 5.82. The second kappa shape index (κ2) is 9.78. The first kappa shape index (κ1) is 21.8. The smallest absolute Gasteiger partial charge is 0.262 e. The summed E-state index contributed by atoms with van der Waals surface area (Å²) in [5.74, 6) is 1.00. The molecule has 0 spiro atoms. The fourth-order valence-corrected chi connectivity index (χ4v) is 3.04. The highest BCUT2D eigenvalue weighted by Crippen LogP contribution is 2.24. The molecule has 0 unspecified atom stereocenters. The number of aromatic nitrogens is 2. The molecule has 2 amide bonds. The highest BCUT2D eigenvalue weighted by molar-refractivity contribution is 5.93. The van der Waals surface area contributed by atoms with Gasteiger partial charge in [-0.25, -0.2) is 0 Å². The third-order valence-electron chi connectivity index (χ3n) is 4.70. The van der Waals surface area contributed by atoms with Gasteiger partial charge in [-0.05, 0) is 55.5 Å². The van der Waals surface area contributed by atoms with E-state index < -0.39 is 0 Å². The first-order chi connectivity index (χ1) is 16.0. The van der Waals surface area contributed by atoms with Gasteiger partial charge in [0.15, 0.2) is 6.61 Å². The van der Waals surface area contributed by atoms with E-state index in [2.05, 4.69) is 20.8 Å². The van der Waals surface area contributed by atoms with Crippen LogP contribution in [0.25, 0.3) is 22.8 Å². The Hall–Kier alpha value is -4.46. The van der Waals surface area contributed by atoms with Crippen molar-refractivity contribution in [2.45, 2.75) is 13.8 Å². The molecule has 0 saturated heterocycles. The van der Waals surface area contributed by atoms with E-state index in [0.717, 1.165) is 16.7 Å². The van der Waals surface area contributed by atoms with Crippen molar-refractivity contribution < 1.29 is 18.8 Å². The predicted molar refractivity (Wildman–Crippen MR) is 125 cm³/mol. The van der Waals surface area contributed by atoms with E-state index in [0.29, 0.717) is 28.8 Å². The number of hydrogen-bond acceptors (Lipinski definition) is 6. The summed E-state index contributed by atoms with van der Waals surface area (Å²) in [6, 6.07) is 21.8. The lowest BCUT2D eigenvalue weighted by molar-refractivity contribution is -0.118. The number of anilines is 2. The minimum absolute atomic E-state index is 0.148. The van der Waals surface area contributed by atoms with Gasteiger partial charge >= 0.3 is 0 Å². The first-order valence-electron chi connectivity index (χ1n) is 10.3. The van der Waals surface area contributed by atoms with Crippen molar-refractivity contribution in [3.05, 3.63) is 78.4 Å². The molecular formula is C25H22N4O4.